The van der Waals surface area contributed by atoms with Gasteiger partial charge in [0.1, 0.15) is 54.6 Å². The Labute approximate surface area is 354 Å². The Morgan fingerprint density at radius 2 is 1.68 bits per heavy atom. The molecule has 0 bridgehead atoms. The van der Waals surface area contributed by atoms with Gasteiger partial charge in [-0.15, -0.1) is 0 Å². The zero-order valence-corrected chi connectivity index (χ0v) is 37.2. The average Bonchev–Trinajstić information content (AvgIpc) is 3.90. The Morgan fingerprint density at radius 3 is 2.30 bits per heavy atom. The van der Waals surface area contributed by atoms with E-state index in [-0.39, 0.29) is 50.4 Å². The van der Waals surface area contributed by atoms with Gasteiger partial charge >= 0.3 is 17.9 Å². The number of carbonyl (C=O) groups is 4. The van der Waals surface area contributed by atoms with Gasteiger partial charge in [-0.3, -0.25) is 14.4 Å². The lowest BCUT2D eigenvalue weighted by atomic mass is 9.82. The van der Waals surface area contributed by atoms with Crippen LogP contribution in [0.4, 0.5) is 0 Å². The Morgan fingerprint density at radius 1 is 0.983 bits per heavy atom. The van der Waals surface area contributed by atoms with E-state index in [1.54, 1.807) is 58.8 Å². The van der Waals surface area contributed by atoms with E-state index in [2.05, 4.69) is 0 Å². The normalized spacial score (nSPS) is 41.9. The number of methoxy groups -OCH3 is 1. The first-order chi connectivity index (χ1) is 28.2. The van der Waals surface area contributed by atoms with E-state index in [1.165, 1.54) is 14.0 Å². The maximum absolute atomic E-state index is 13.4. The van der Waals surface area contributed by atoms with E-state index in [4.69, 9.17) is 42.6 Å². The van der Waals surface area contributed by atoms with Gasteiger partial charge in [0.2, 0.25) is 0 Å². The molecular formula is C43H71NO16. The molecule has 0 aliphatic carbocycles. The van der Waals surface area contributed by atoms with Gasteiger partial charge in [0.15, 0.2) is 12.4 Å². The number of aliphatic hydroxyl groups excluding tert-OH is 2. The lowest BCUT2D eigenvalue weighted by Crippen LogP contribution is -2.68. The average molecular weight is 858 g/mol. The zero-order valence-electron chi connectivity index (χ0n) is 37.2. The van der Waals surface area contributed by atoms with Gasteiger partial charge in [0.05, 0.1) is 49.6 Å². The summed E-state index contributed by atoms with van der Waals surface area (Å²) in [6.07, 6.45) is -8.30. The van der Waals surface area contributed by atoms with E-state index < -0.39 is 121 Å². The first-order valence-electron chi connectivity index (χ1n) is 21.4. The monoisotopic (exact) mass is 857 g/mol. The molecule has 3 saturated heterocycles. The molecule has 0 aromatic rings. The van der Waals surface area contributed by atoms with Crippen LogP contribution in [0.15, 0.2) is 12.2 Å². The molecule has 0 radical (unpaired) electrons. The number of ether oxygens (including phenoxy) is 9. The van der Waals surface area contributed by atoms with Gasteiger partial charge in [-0.25, -0.2) is 0 Å². The molecular weight excluding hydrogens is 786 g/mol. The van der Waals surface area contributed by atoms with Crippen LogP contribution in [0.25, 0.3) is 0 Å². The van der Waals surface area contributed by atoms with Crippen LogP contribution in [0.3, 0.4) is 0 Å². The van der Waals surface area contributed by atoms with Gasteiger partial charge < -0.3 is 67.6 Å². The summed E-state index contributed by atoms with van der Waals surface area (Å²) in [5.74, 6) is -2.85. The molecule has 0 amide bonds. The van der Waals surface area contributed by atoms with Crippen LogP contribution in [0.5, 0.6) is 0 Å². The largest absolute Gasteiger partial charge is 0.462 e. The summed E-state index contributed by atoms with van der Waals surface area (Å²) in [4.78, 5) is 53.2. The number of esters is 3. The fourth-order valence-electron chi connectivity index (χ4n) is 8.60. The van der Waals surface area contributed by atoms with E-state index in [0.29, 0.717) is 12.7 Å². The van der Waals surface area contributed by atoms with Gasteiger partial charge in [0.25, 0.3) is 0 Å². The number of cyclic esters (lactones) is 1. The number of carbonyl (C=O) groups excluding carboxylic acids is 4. The maximum Gasteiger partial charge on any atom is 0.309 e. The van der Waals surface area contributed by atoms with Crippen molar-refractivity contribution in [3.05, 3.63) is 12.2 Å². The number of hydrogen-bond acceptors (Lipinski definition) is 17. The van der Waals surface area contributed by atoms with Crippen molar-refractivity contribution in [3.63, 3.8) is 0 Å². The minimum atomic E-state index is -1.69. The molecule has 0 aromatic heterocycles. The predicted molar refractivity (Wildman–Crippen MR) is 214 cm³/mol. The lowest BCUT2D eigenvalue weighted by Gasteiger charge is -2.51. The molecule has 344 valence electrons. The molecule has 18 atom stereocenters. The third-order valence-corrected chi connectivity index (χ3v) is 12.0. The highest BCUT2D eigenvalue weighted by Crippen LogP contribution is 2.38. The number of rotatable bonds is 13. The Hall–Kier alpha value is -2.58. The van der Waals surface area contributed by atoms with Crippen molar-refractivity contribution in [2.75, 3.05) is 27.8 Å². The number of aliphatic hydroxyl groups is 3. The molecule has 3 fully saturated rings. The molecule has 18 unspecified atom stereocenters. The molecule has 60 heavy (non-hydrogen) atoms. The molecule has 17 heteroatoms. The molecule has 4 aliphatic heterocycles. The van der Waals surface area contributed by atoms with Crippen LogP contribution in [-0.2, 0) is 61.8 Å². The second-order valence-electron chi connectivity index (χ2n) is 17.8. The number of hydrogen-bond donors (Lipinski definition) is 3. The lowest BCUT2D eigenvalue weighted by molar-refractivity contribution is -0.332. The highest BCUT2D eigenvalue weighted by Gasteiger charge is 2.55. The van der Waals surface area contributed by atoms with Crippen molar-refractivity contribution < 1.29 is 77.1 Å². The molecule has 0 saturated carbocycles. The van der Waals surface area contributed by atoms with Gasteiger partial charge in [0, 0.05) is 32.8 Å². The summed E-state index contributed by atoms with van der Waals surface area (Å²) < 4.78 is 54.7. The summed E-state index contributed by atoms with van der Waals surface area (Å²) in [7, 11) is 4.85. The smallest absolute Gasteiger partial charge is 0.309 e. The van der Waals surface area contributed by atoms with E-state index >= 15 is 0 Å². The number of nitrogens with zero attached hydrogens (tertiary/aromatic N) is 1. The number of epoxide rings is 1. The van der Waals surface area contributed by atoms with Gasteiger partial charge in [-0.1, -0.05) is 39.8 Å². The fourth-order valence-corrected chi connectivity index (χ4v) is 8.60. The topological polar surface area (TPSA) is 219 Å². The highest BCUT2D eigenvalue weighted by atomic mass is 16.7. The third kappa shape index (κ3) is 13.0. The molecule has 4 rings (SSSR count). The van der Waals surface area contributed by atoms with E-state index in [0.717, 1.165) is 0 Å². The summed E-state index contributed by atoms with van der Waals surface area (Å²) in [5.41, 5.74) is -1.69. The van der Waals surface area contributed by atoms with Crippen LogP contribution >= 0.6 is 0 Å². The van der Waals surface area contributed by atoms with Crippen LogP contribution < -0.4 is 0 Å². The van der Waals surface area contributed by atoms with Crippen LogP contribution in [0.1, 0.15) is 93.9 Å². The van der Waals surface area contributed by atoms with Crippen molar-refractivity contribution in [2.24, 2.45) is 17.8 Å². The zero-order chi connectivity index (χ0) is 44.6. The second kappa shape index (κ2) is 22.2. The minimum absolute atomic E-state index is 0.00946. The predicted octanol–water partition coefficient (Wildman–Crippen LogP) is 2.27. The minimum Gasteiger partial charge on any atom is -0.462 e. The van der Waals surface area contributed by atoms with E-state index in [1.807, 2.05) is 20.8 Å². The molecule has 0 aromatic carbocycles. The fraction of sp³-hybridized carbons (Fsp3) is 0.860. The summed E-state index contributed by atoms with van der Waals surface area (Å²) in [6, 6.07) is -0.822. The SMILES string of the molecule is CCC(=O)OC1CC(=O)OC(C)CC2OC2C=CC(O)C(C)CC(CC=O)C(OC2OC(C)C(OC3COC(C)C(OC(=O)CC(C)C)C3(C)O)C(N(C)C)C2O)C1OC. The van der Waals surface area contributed by atoms with Gasteiger partial charge in [-0.05, 0) is 66.0 Å². The standard InChI is InChI=1S/C43H71NO16/c1-12-33(47)57-31-20-35(49)54-24(5)19-30-29(56-30)14-13-28(46)23(4)18-27(15-16-45)39(40(31)52-11)60-42-37(50)36(44(9)10)38(25(6)55-42)58-32-21-53-26(7)41(43(32,8)51)59-34(48)17-22(2)3/h13-14,16,22-32,36-42,46,50-51H,12,15,17-21H2,1-11H3. The van der Waals surface area contributed by atoms with Crippen LogP contribution in [0, 0.1) is 17.8 Å². The maximum atomic E-state index is 13.4. The van der Waals surface area contributed by atoms with Crippen molar-refractivity contribution >= 4 is 24.2 Å². The molecule has 4 heterocycles. The first kappa shape index (κ1) is 50.1. The number of likely N-dealkylation sites (N-methyl/N-ethyl adjacent to an activating group) is 1. The van der Waals surface area contributed by atoms with Crippen LogP contribution in [0.2, 0.25) is 0 Å². The Kier molecular flexibility index (Phi) is 18.5. The molecule has 3 N–H and O–H groups in total. The van der Waals surface area contributed by atoms with Crippen molar-refractivity contribution in [2.45, 2.75) is 191 Å². The van der Waals surface area contributed by atoms with Crippen LogP contribution in [-0.4, -0.2) is 170 Å². The molecule has 4 aliphatic rings. The summed E-state index contributed by atoms with van der Waals surface area (Å²) >= 11 is 0. The van der Waals surface area contributed by atoms with E-state index in [9.17, 15) is 34.5 Å². The Bertz CT molecular complexity index is 1440. The highest BCUT2D eigenvalue weighted by molar-refractivity contribution is 5.72. The van der Waals surface area contributed by atoms with Crippen molar-refractivity contribution in [1.29, 1.82) is 0 Å². The molecule has 17 nitrogen and oxygen atoms in total. The quantitative estimate of drug-likeness (QED) is 0.0796. The molecule has 0 spiro atoms. The van der Waals surface area contributed by atoms with Crippen molar-refractivity contribution in [1.82, 2.24) is 4.90 Å². The number of aldehydes is 1. The first-order valence-corrected chi connectivity index (χ1v) is 21.4. The second-order valence-corrected chi connectivity index (χ2v) is 17.8. The number of fused-ring (bicyclic) bond motifs is 1. The summed E-state index contributed by atoms with van der Waals surface area (Å²) in [5, 5.41) is 35.3. The van der Waals surface area contributed by atoms with Gasteiger partial charge in [-0.2, -0.15) is 0 Å². The third-order valence-electron chi connectivity index (χ3n) is 12.0. The van der Waals surface area contributed by atoms with Crippen molar-refractivity contribution in [3.8, 4) is 0 Å². The summed E-state index contributed by atoms with van der Waals surface area (Å²) in [6.45, 7) is 13.9. The Balaban J connectivity index is 1.68.